The van der Waals surface area contributed by atoms with E-state index in [4.69, 9.17) is 4.74 Å². The van der Waals surface area contributed by atoms with E-state index in [1.807, 2.05) is 6.07 Å². The van der Waals surface area contributed by atoms with E-state index in [0.717, 1.165) is 19.4 Å². The van der Waals surface area contributed by atoms with Crippen molar-refractivity contribution in [3.05, 3.63) is 35.9 Å². The average molecular weight is 274 g/mol. The van der Waals surface area contributed by atoms with Crippen LogP contribution in [-0.4, -0.2) is 37.1 Å². The molecule has 1 saturated heterocycles. The third-order valence-electron chi connectivity index (χ3n) is 4.06. The fraction of sp³-hybridized carbons (Fsp3) is 0.467. The molecule has 0 bridgehead atoms. The molecule has 1 saturated carbocycles. The number of hydrogen-bond donors (Lipinski definition) is 2. The first-order chi connectivity index (χ1) is 9.74. The van der Waals surface area contributed by atoms with Gasteiger partial charge < -0.3 is 15.4 Å². The molecule has 0 spiro atoms. The van der Waals surface area contributed by atoms with Crippen LogP contribution < -0.4 is 10.6 Å². The second-order valence-electron chi connectivity index (χ2n) is 5.32. The lowest BCUT2D eigenvalue weighted by atomic mass is 9.76. The molecule has 2 aliphatic rings. The number of nitrogens with one attached hydrogen (secondary N) is 2. The summed E-state index contributed by atoms with van der Waals surface area (Å²) in [5.41, 5.74) is 0.563. The van der Waals surface area contributed by atoms with Crippen LogP contribution in [0.5, 0.6) is 0 Å². The third-order valence-corrected chi connectivity index (χ3v) is 4.06. The number of ether oxygens (including phenoxy) is 1. The molecule has 1 aliphatic heterocycles. The first-order valence-corrected chi connectivity index (χ1v) is 6.98. The average Bonchev–Trinajstić information content (AvgIpc) is 2.84. The van der Waals surface area contributed by atoms with Gasteiger partial charge >= 0.3 is 0 Å². The standard InChI is InChI=1S/C15H18N2O3/c18-14(17-12-8-13-11(12)6-7-20-13)9-16-15(19)10-4-2-1-3-5-10/h1-5,11-13H,6-9H2,(H,16,19)(H,17,18)/t11-,12+,13+/m0/s1. The second-order valence-corrected chi connectivity index (χ2v) is 5.32. The molecule has 1 aromatic carbocycles. The lowest BCUT2D eigenvalue weighted by molar-refractivity contribution is -0.123. The molecule has 2 fully saturated rings. The zero-order valence-corrected chi connectivity index (χ0v) is 11.2. The Bertz CT molecular complexity index is 503. The maximum atomic E-state index is 11.8. The first kappa shape index (κ1) is 13.1. The molecule has 0 unspecified atom stereocenters. The molecule has 5 heteroatoms. The van der Waals surface area contributed by atoms with Crippen molar-refractivity contribution in [2.75, 3.05) is 13.2 Å². The first-order valence-electron chi connectivity index (χ1n) is 6.98. The van der Waals surface area contributed by atoms with Crippen molar-refractivity contribution in [2.45, 2.75) is 25.0 Å². The Labute approximate surface area is 117 Å². The van der Waals surface area contributed by atoms with Gasteiger partial charge in [-0.05, 0) is 25.0 Å². The highest BCUT2D eigenvalue weighted by atomic mass is 16.5. The van der Waals surface area contributed by atoms with Gasteiger partial charge in [0, 0.05) is 24.1 Å². The maximum absolute atomic E-state index is 11.8. The van der Waals surface area contributed by atoms with Gasteiger partial charge in [0.1, 0.15) is 0 Å². The number of rotatable bonds is 4. The van der Waals surface area contributed by atoms with Gasteiger partial charge in [-0.25, -0.2) is 0 Å². The van der Waals surface area contributed by atoms with Crippen LogP contribution in [-0.2, 0) is 9.53 Å². The van der Waals surface area contributed by atoms with Crippen molar-refractivity contribution in [1.82, 2.24) is 10.6 Å². The Balaban J connectivity index is 1.42. The Morgan fingerprint density at radius 2 is 2.05 bits per heavy atom. The van der Waals surface area contributed by atoms with Crippen LogP contribution in [0.15, 0.2) is 30.3 Å². The van der Waals surface area contributed by atoms with Crippen molar-refractivity contribution in [3.8, 4) is 0 Å². The molecule has 1 aliphatic carbocycles. The van der Waals surface area contributed by atoms with Crippen LogP contribution in [0, 0.1) is 5.92 Å². The molecule has 0 radical (unpaired) electrons. The molecular weight excluding hydrogens is 256 g/mol. The third kappa shape index (κ3) is 2.67. The van der Waals surface area contributed by atoms with Crippen LogP contribution in [0.2, 0.25) is 0 Å². The summed E-state index contributed by atoms with van der Waals surface area (Å²) in [5, 5.41) is 5.59. The van der Waals surface area contributed by atoms with Gasteiger partial charge in [0.25, 0.3) is 5.91 Å². The summed E-state index contributed by atoms with van der Waals surface area (Å²) in [4.78, 5) is 23.6. The Kier molecular flexibility index (Phi) is 3.69. The Hall–Kier alpha value is -1.88. The van der Waals surface area contributed by atoms with Crippen molar-refractivity contribution in [3.63, 3.8) is 0 Å². The molecular formula is C15H18N2O3. The zero-order chi connectivity index (χ0) is 13.9. The summed E-state index contributed by atoms with van der Waals surface area (Å²) in [6.07, 6.45) is 2.24. The Morgan fingerprint density at radius 1 is 1.25 bits per heavy atom. The highest BCUT2D eigenvalue weighted by molar-refractivity contribution is 5.96. The predicted molar refractivity (Wildman–Crippen MR) is 73.2 cm³/mol. The largest absolute Gasteiger partial charge is 0.378 e. The van der Waals surface area contributed by atoms with Crippen molar-refractivity contribution in [2.24, 2.45) is 5.92 Å². The number of amides is 2. The lowest BCUT2D eigenvalue weighted by Gasteiger charge is -2.39. The van der Waals surface area contributed by atoms with Crippen LogP contribution in [0.4, 0.5) is 0 Å². The monoisotopic (exact) mass is 274 g/mol. The Morgan fingerprint density at radius 3 is 2.80 bits per heavy atom. The maximum Gasteiger partial charge on any atom is 0.251 e. The van der Waals surface area contributed by atoms with Crippen LogP contribution in [0.25, 0.3) is 0 Å². The summed E-state index contributed by atoms with van der Waals surface area (Å²) < 4.78 is 5.50. The van der Waals surface area contributed by atoms with E-state index in [-0.39, 0.29) is 24.4 Å². The minimum atomic E-state index is -0.226. The van der Waals surface area contributed by atoms with Crippen LogP contribution in [0.3, 0.4) is 0 Å². The fourth-order valence-corrected chi connectivity index (χ4v) is 2.87. The van der Waals surface area contributed by atoms with Crippen molar-refractivity contribution in [1.29, 1.82) is 0 Å². The number of fused-ring (bicyclic) bond motifs is 1. The van der Waals surface area contributed by atoms with E-state index >= 15 is 0 Å². The van der Waals surface area contributed by atoms with E-state index in [1.54, 1.807) is 24.3 Å². The number of carbonyl (C=O) groups is 2. The highest BCUT2D eigenvalue weighted by Crippen LogP contribution is 2.38. The van der Waals surface area contributed by atoms with Crippen molar-refractivity contribution >= 4 is 11.8 Å². The molecule has 0 aromatic heterocycles. The van der Waals surface area contributed by atoms with E-state index in [1.165, 1.54) is 0 Å². The topological polar surface area (TPSA) is 67.4 Å². The lowest BCUT2D eigenvalue weighted by Crippen LogP contribution is -2.55. The van der Waals surface area contributed by atoms with Gasteiger partial charge in [-0.15, -0.1) is 0 Å². The highest BCUT2D eigenvalue weighted by Gasteiger charge is 2.45. The summed E-state index contributed by atoms with van der Waals surface area (Å²) in [6, 6.07) is 9.09. The zero-order valence-electron chi connectivity index (χ0n) is 11.2. The molecule has 20 heavy (non-hydrogen) atoms. The van der Waals surface area contributed by atoms with Gasteiger partial charge in [0.2, 0.25) is 5.91 Å². The van der Waals surface area contributed by atoms with Gasteiger partial charge in [0.05, 0.1) is 12.6 Å². The smallest absolute Gasteiger partial charge is 0.251 e. The van der Waals surface area contributed by atoms with Gasteiger partial charge in [0.15, 0.2) is 0 Å². The molecule has 106 valence electrons. The minimum absolute atomic E-state index is 0.0163. The quantitative estimate of drug-likeness (QED) is 0.849. The number of carbonyl (C=O) groups excluding carboxylic acids is 2. The van der Waals surface area contributed by atoms with E-state index in [9.17, 15) is 9.59 Å². The van der Waals surface area contributed by atoms with Crippen LogP contribution in [0.1, 0.15) is 23.2 Å². The molecule has 1 heterocycles. The van der Waals surface area contributed by atoms with Gasteiger partial charge in [-0.1, -0.05) is 18.2 Å². The normalized spacial score (nSPS) is 27.3. The second kappa shape index (κ2) is 5.63. The summed E-state index contributed by atoms with van der Waals surface area (Å²) >= 11 is 0. The summed E-state index contributed by atoms with van der Waals surface area (Å²) in [5.74, 6) is 0.102. The SMILES string of the molecule is O=C(CNC(=O)c1ccccc1)N[C@@H]1C[C@H]2OCC[C@@H]12. The van der Waals surface area contributed by atoms with Crippen molar-refractivity contribution < 1.29 is 14.3 Å². The van der Waals surface area contributed by atoms with E-state index in [0.29, 0.717) is 17.6 Å². The van der Waals surface area contributed by atoms with E-state index in [2.05, 4.69) is 10.6 Å². The predicted octanol–water partition coefficient (Wildman–Crippen LogP) is 0.710. The molecule has 2 amide bonds. The minimum Gasteiger partial charge on any atom is -0.378 e. The molecule has 2 N–H and O–H groups in total. The van der Waals surface area contributed by atoms with Gasteiger partial charge in [-0.2, -0.15) is 0 Å². The summed E-state index contributed by atoms with van der Waals surface area (Å²) in [7, 11) is 0. The van der Waals surface area contributed by atoms with E-state index < -0.39 is 0 Å². The molecule has 5 nitrogen and oxygen atoms in total. The fourth-order valence-electron chi connectivity index (χ4n) is 2.87. The van der Waals surface area contributed by atoms with Gasteiger partial charge in [-0.3, -0.25) is 9.59 Å². The summed E-state index contributed by atoms with van der Waals surface area (Å²) in [6.45, 7) is 0.814. The number of hydrogen-bond acceptors (Lipinski definition) is 3. The molecule has 3 rings (SSSR count). The molecule has 3 atom stereocenters. The number of benzene rings is 1. The molecule has 1 aromatic rings. The van der Waals surface area contributed by atoms with Crippen LogP contribution >= 0.6 is 0 Å².